The predicted octanol–water partition coefficient (Wildman–Crippen LogP) is 4.41. The normalized spacial score (nSPS) is 10.8. The maximum absolute atomic E-state index is 12.7. The van der Waals surface area contributed by atoms with Crippen LogP contribution in [-0.4, -0.2) is 36.7 Å². The van der Waals surface area contributed by atoms with Gasteiger partial charge < -0.3 is 14.7 Å². The molecule has 0 saturated heterocycles. The highest BCUT2D eigenvalue weighted by Crippen LogP contribution is 2.27. The zero-order valence-electron chi connectivity index (χ0n) is 17.9. The lowest BCUT2D eigenvalue weighted by atomic mass is 10.1. The average Bonchev–Trinajstić information content (AvgIpc) is 3.07. The van der Waals surface area contributed by atoms with Crippen molar-refractivity contribution < 1.29 is 9.32 Å². The van der Waals surface area contributed by atoms with Crippen LogP contribution >= 0.6 is 11.8 Å². The van der Waals surface area contributed by atoms with Crippen molar-refractivity contribution >= 4 is 23.4 Å². The smallest absolute Gasteiger partial charge is 0.254 e. The van der Waals surface area contributed by atoms with Gasteiger partial charge in [0, 0.05) is 43.8 Å². The van der Waals surface area contributed by atoms with Gasteiger partial charge in [-0.1, -0.05) is 17.3 Å². The molecule has 0 bridgehead atoms. The second-order valence-electron chi connectivity index (χ2n) is 7.37. The number of hydrogen-bond acceptors (Lipinski definition) is 6. The first kappa shape index (κ1) is 21.9. The average molecular weight is 425 g/mol. The highest BCUT2D eigenvalue weighted by atomic mass is 32.2. The van der Waals surface area contributed by atoms with E-state index in [0.717, 1.165) is 29.9 Å². The Kier molecular flexibility index (Phi) is 7.52. The summed E-state index contributed by atoms with van der Waals surface area (Å²) in [5.41, 5.74) is 4.99. The summed E-state index contributed by atoms with van der Waals surface area (Å²) in [5.74, 6) is 1.38. The third-order valence-corrected chi connectivity index (χ3v) is 5.96. The van der Waals surface area contributed by atoms with Gasteiger partial charge in [-0.25, -0.2) is 4.98 Å². The molecular weight excluding hydrogens is 396 g/mol. The molecule has 30 heavy (non-hydrogen) atoms. The largest absolute Gasteiger partial charge is 0.378 e. The van der Waals surface area contributed by atoms with Crippen molar-refractivity contribution in [2.75, 3.05) is 25.5 Å². The topological polar surface area (TPSA) is 71.3 Å². The summed E-state index contributed by atoms with van der Waals surface area (Å²) in [7, 11) is 4.06. The molecule has 158 valence electrons. The fraction of sp³-hybridized carbons (Fsp3) is 0.348. The first-order valence-electron chi connectivity index (χ1n) is 9.99. The summed E-state index contributed by atoms with van der Waals surface area (Å²) in [4.78, 5) is 19.2. The van der Waals surface area contributed by atoms with Crippen molar-refractivity contribution in [1.82, 2.24) is 15.5 Å². The van der Waals surface area contributed by atoms with Crippen LogP contribution in [0.25, 0.3) is 0 Å². The lowest BCUT2D eigenvalue weighted by molar-refractivity contribution is 0.0949. The molecule has 0 fully saturated rings. The number of anilines is 1. The van der Waals surface area contributed by atoms with Gasteiger partial charge in [0.05, 0.1) is 11.3 Å². The molecular formula is C23H28N4O2S. The predicted molar refractivity (Wildman–Crippen MR) is 121 cm³/mol. The van der Waals surface area contributed by atoms with Gasteiger partial charge in [-0.2, -0.15) is 0 Å². The van der Waals surface area contributed by atoms with Crippen LogP contribution in [0.3, 0.4) is 0 Å². The van der Waals surface area contributed by atoms with Gasteiger partial charge >= 0.3 is 0 Å². The lowest BCUT2D eigenvalue weighted by Gasteiger charge is -2.13. The summed E-state index contributed by atoms with van der Waals surface area (Å²) in [6.45, 7) is 4.44. The van der Waals surface area contributed by atoms with Crippen LogP contribution in [-0.2, 0) is 12.2 Å². The number of thioether (sulfide) groups is 1. The van der Waals surface area contributed by atoms with Crippen LogP contribution in [0, 0.1) is 13.8 Å². The number of benzene rings is 1. The lowest BCUT2D eigenvalue weighted by Crippen LogP contribution is -2.25. The molecule has 0 aliphatic heterocycles. The third kappa shape index (κ3) is 5.63. The van der Waals surface area contributed by atoms with Gasteiger partial charge in [-0.15, -0.1) is 11.8 Å². The number of pyridine rings is 1. The summed E-state index contributed by atoms with van der Waals surface area (Å²) in [5, 5.41) is 7.72. The zero-order chi connectivity index (χ0) is 21.5. The molecule has 2 aromatic heterocycles. The number of rotatable bonds is 9. The van der Waals surface area contributed by atoms with Gasteiger partial charge in [-0.05, 0) is 56.5 Å². The molecule has 6 nitrogen and oxygen atoms in total. The Morgan fingerprint density at radius 3 is 2.60 bits per heavy atom. The van der Waals surface area contributed by atoms with Gasteiger partial charge in [0.1, 0.15) is 10.8 Å². The van der Waals surface area contributed by atoms with E-state index in [1.54, 1.807) is 12.3 Å². The number of amides is 1. The summed E-state index contributed by atoms with van der Waals surface area (Å²) >= 11 is 1.53. The first-order valence-corrected chi connectivity index (χ1v) is 11.0. The second-order valence-corrected chi connectivity index (χ2v) is 8.33. The minimum atomic E-state index is -0.0904. The fourth-order valence-corrected chi connectivity index (χ4v) is 4.22. The zero-order valence-corrected chi connectivity index (χ0v) is 18.8. The van der Waals surface area contributed by atoms with E-state index in [-0.39, 0.29) is 5.91 Å². The van der Waals surface area contributed by atoms with E-state index in [9.17, 15) is 4.79 Å². The molecule has 0 radical (unpaired) electrons. The maximum Gasteiger partial charge on any atom is 0.254 e. The van der Waals surface area contributed by atoms with E-state index in [2.05, 4.69) is 44.6 Å². The molecule has 0 saturated carbocycles. The van der Waals surface area contributed by atoms with E-state index in [1.807, 2.05) is 34.0 Å². The van der Waals surface area contributed by atoms with Gasteiger partial charge in [0.15, 0.2) is 0 Å². The fourth-order valence-electron chi connectivity index (χ4n) is 3.08. The van der Waals surface area contributed by atoms with Crippen molar-refractivity contribution in [2.45, 2.75) is 37.5 Å². The van der Waals surface area contributed by atoms with Crippen molar-refractivity contribution in [2.24, 2.45) is 0 Å². The van der Waals surface area contributed by atoms with Crippen molar-refractivity contribution in [3.05, 3.63) is 70.7 Å². The Balaban J connectivity index is 1.51. The number of aromatic nitrogens is 2. The van der Waals surface area contributed by atoms with Crippen LogP contribution in [0.1, 0.15) is 39.4 Å². The van der Waals surface area contributed by atoms with E-state index < -0.39 is 0 Å². The second kappa shape index (κ2) is 10.3. The van der Waals surface area contributed by atoms with Crippen molar-refractivity contribution in [3.8, 4) is 0 Å². The number of nitrogens with zero attached hydrogens (tertiary/aromatic N) is 3. The Hall–Kier alpha value is -2.80. The third-order valence-electron chi connectivity index (χ3n) is 4.93. The number of nitrogens with one attached hydrogen (secondary N) is 1. The molecule has 0 unspecified atom stereocenters. The number of carbonyl (C=O) groups excluding carboxylic acids is 1. The molecule has 1 aromatic carbocycles. The monoisotopic (exact) mass is 424 g/mol. The Bertz CT molecular complexity index is 964. The van der Waals surface area contributed by atoms with E-state index in [1.165, 1.54) is 23.0 Å². The molecule has 7 heteroatoms. The number of hydrogen-bond donors (Lipinski definition) is 1. The minimum Gasteiger partial charge on any atom is -0.378 e. The molecule has 1 N–H and O–H groups in total. The standard InChI is InChI=1S/C23H28N4O2S/c1-16-21(17(2)29-26-16)15-30-23-20(8-6-14-25-23)22(28)24-13-5-7-18-9-11-19(12-10-18)27(3)4/h6,8-12,14H,5,7,13,15H2,1-4H3,(H,24,28). The molecule has 0 atom stereocenters. The van der Waals surface area contributed by atoms with Crippen LogP contribution in [0.15, 0.2) is 52.1 Å². The van der Waals surface area contributed by atoms with Crippen LogP contribution in [0.2, 0.25) is 0 Å². The van der Waals surface area contributed by atoms with Crippen molar-refractivity contribution in [1.29, 1.82) is 0 Å². The van der Waals surface area contributed by atoms with Gasteiger partial charge in [-0.3, -0.25) is 4.79 Å². The molecule has 2 heterocycles. The molecule has 3 rings (SSSR count). The molecule has 3 aromatic rings. The summed E-state index contributed by atoms with van der Waals surface area (Å²) in [6.07, 6.45) is 3.52. The Morgan fingerprint density at radius 2 is 1.93 bits per heavy atom. The molecule has 0 aliphatic rings. The quantitative estimate of drug-likeness (QED) is 0.405. The van der Waals surface area contributed by atoms with Gasteiger partial charge in [0.2, 0.25) is 0 Å². The maximum atomic E-state index is 12.7. The molecule has 0 spiro atoms. The van der Waals surface area contributed by atoms with Gasteiger partial charge in [0.25, 0.3) is 5.91 Å². The molecule has 0 aliphatic carbocycles. The summed E-state index contributed by atoms with van der Waals surface area (Å²) < 4.78 is 5.22. The highest BCUT2D eigenvalue weighted by Gasteiger charge is 2.15. The van der Waals surface area contributed by atoms with E-state index in [0.29, 0.717) is 22.9 Å². The number of aryl methyl sites for hydroxylation is 3. The highest BCUT2D eigenvalue weighted by molar-refractivity contribution is 7.98. The van der Waals surface area contributed by atoms with Crippen molar-refractivity contribution in [3.63, 3.8) is 0 Å². The summed E-state index contributed by atoms with van der Waals surface area (Å²) in [6, 6.07) is 12.1. The van der Waals surface area contributed by atoms with E-state index >= 15 is 0 Å². The Labute approximate surface area is 182 Å². The molecule has 1 amide bonds. The van der Waals surface area contributed by atoms with E-state index in [4.69, 9.17) is 4.52 Å². The minimum absolute atomic E-state index is 0.0904. The van der Waals surface area contributed by atoms with Crippen LogP contribution in [0.4, 0.5) is 5.69 Å². The Morgan fingerprint density at radius 1 is 1.17 bits per heavy atom. The SMILES string of the molecule is Cc1noc(C)c1CSc1ncccc1C(=O)NCCCc1ccc(N(C)C)cc1. The van der Waals surface area contributed by atoms with Crippen LogP contribution < -0.4 is 10.2 Å². The number of carbonyl (C=O) groups is 1. The van der Waals surface area contributed by atoms with Crippen LogP contribution in [0.5, 0.6) is 0 Å². The first-order chi connectivity index (χ1) is 14.5.